The first kappa shape index (κ1) is 18.3. The molecule has 0 radical (unpaired) electrons. The molecule has 142 valence electrons. The van der Waals surface area contributed by atoms with Crippen LogP contribution in [-0.4, -0.2) is 17.2 Å². The highest BCUT2D eigenvalue weighted by molar-refractivity contribution is 6.09. The fourth-order valence-electron chi connectivity index (χ4n) is 3.53. The molecule has 0 bridgehead atoms. The van der Waals surface area contributed by atoms with Crippen LogP contribution in [0.2, 0.25) is 0 Å². The third-order valence-electron chi connectivity index (χ3n) is 5.31. The molecule has 0 fully saturated rings. The van der Waals surface area contributed by atoms with Gasteiger partial charge in [-0.25, -0.2) is 4.98 Å². The van der Waals surface area contributed by atoms with Gasteiger partial charge in [0.2, 0.25) is 0 Å². The van der Waals surface area contributed by atoms with Crippen LogP contribution in [0.25, 0.3) is 21.8 Å². The second-order valence-corrected chi connectivity index (χ2v) is 7.26. The number of aliphatic hydroxyl groups excluding tert-OH is 1. The van der Waals surface area contributed by atoms with Crippen LogP contribution in [0.5, 0.6) is 5.75 Å². The van der Waals surface area contributed by atoms with Crippen LogP contribution in [0.4, 0.5) is 11.4 Å². The van der Waals surface area contributed by atoms with E-state index in [2.05, 4.69) is 43.4 Å². The zero-order chi connectivity index (χ0) is 19.8. The minimum atomic E-state index is 0.0380. The summed E-state index contributed by atoms with van der Waals surface area (Å²) in [6, 6.07) is 16.3. The van der Waals surface area contributed by atoms with Crippen LogP contribution in [0.15, 0.2) is 48.5 Å². The molecular weight excluding hydrogens is 348 g/mol. The molecule has 0 aliphatic carbocycles. The first-order valence-corrected chi connectivity index (χ1v) is 9.36. The lowest BCUT2D eigenvalue weighted by Gasteiger charge is -2.16. The van der Waals surface area contributed by atoms with Gasteiger partial charge in [0.25, 0.3) is 0 Å². The van der Waals surface area contributed by atoms with Crippen molar-refractivity contribution in [1.29, 1.82) is 0 Å². The van der Waals surface area contributed by atoms with Crippen molar-refractivity contribution in [2.75, 3.05) is 12.4 Å². The van der Waals surface area contributed by atoms with Gasteiger partial charge in [0.15, 0.2) is 0 Å². The molecule has 0 saturated heterocycles. The van der Waals surface area contributed by atoms with E-state index in [1.807, 2.05) is 31.2 Å². The number of pyridine rings is 1. The molecule has 3 aromatic carbocycles. The van der Waals surface area contributed by atoms with Crippen LogP contribution < -0.4 is 10.1 Å². The van der Waals surface area contributed by atoms with Crippen molar-refractivity contribution in [1.82, 2.24) is 4.98 Å². The topological polar surface area (TPSA) is 54.4 Å². The van der Waals surface area contributed by atoms with Crippen molar-refractivity contribution in [3.63, 3.8) is 0 Å². The molecule has 0 amide bonds. The lowest BCUT2D eigenvalue weighted by molar-refractivity contribution is 0.282. The molecule has 4 heteroatoms. The Kier molecular flexibility index (Phi) is 4.65. The second kappa shape index (κ2) is 7.13. The molecule has 2 N–H and O–H groups in total. The van der Waals surface area contributed by atoms with Crippen molar-refractivity contribution < 1.29 is 9.84 Å². The normalized spacial score (nSPS) is 11.2. The first-order valence-electron chi connectivity index (χ1n) is 9.36. The summed E-state index contributed by atoms with van der Waals surface area (Å²) >= 11 is 0. The zero-order valence-corrected chi connectivity index (χ0v) is 16.6. The van der Waals surface area contributed by atoms with Gasteiger partial charge in [-0.1, -0.05) is 12.1 Å². The van der Waals surface area contributed by atoms with Gasteiger partial charge in [-0.05, 0) is 79.4 Å². The third-order valence-corrected chi connectivity index (χ3v) is 5.31. The number of benzene rings is 3. The van der Waals surface area contributed by atoms with Gasteiger partial charge in [0.05, 0.1) is 30.4 Å². The van der Waals surface area contributed by atoms with Gasteiger partial charge in [-0.15, -0.1) is 0 Å². The molecule has 0 aliphatic heterocycles. The maximum absolute atomic E-state index is 9.30. The van der Waals surface area contributed by atoms with E-state index in [1.54, 1.807) is 7.11 Å². The van der Waals surface area contributed by atoms with Crippen molar-refractivity contribution in [3.8, 4) is 5.75 Å². The minimum Gasteiger partial charge on any atom is -0.496 e. The molecule has 28 heavy (non-hydrogen) atoms. The van der Waals surface area contributed by atoms with Gasteiger partial charge in [-0.3, -0.25) is 0 Å². The molecule has 0 spiro atoms. The summed E-state index contributed by atoms with van der Waals surface area (Å²) in [5.41, 5.74) is 8.28. The SMILES string of the molecule is COc1cc2c(Nc3ccc(CO)cc3)c3cc(C)c(C)cc3nc2cc1C. The monoisotopic (exact) mass is 372 g/mol. The number of fused-ring (bicyclic) bond motifs is 2. The molecule has 4 nitrogen and oxygen atoms in total. The van der Waals surface area contributed by atoms with Crippen molar-refractivity contribution in [3.05, 3.63) is 70.8 Å². The predicted molar refractivity (Wildman–Crippen MR) is 116 cm³/mol. The molecule has 1 heterocycles. The summed E-state index contributed by atoms with van der Waals surface area (Å²) < 4.78 is 5.56. The second-order valence-electron chi connectivity index (χ2n) is 7.26. The molecule has 4 aromatic rings. The Hall–Kier alpha value is -3.11. The Morgan fingerprint density at radius 2 is 1.46 bits per heavy atom. The number of anilines is 2. The van der Waals surface area contributed by atoms with Crippen LogP contribution in [0, 0.1) is 20.8 Å². The van der Waals surface area contributed by atoms with E-state index in [4.69, 9.17) is 9.72 Å². The number of hydrogen-bond acceptors (Lipinski definition) is 4. The number of methoxy groups -OCH3 is 1. The summed E-state index contributed by atoms with van der Waals surface area (Å²) in [6.07, 6.45) is 0. The number of ether oxygens (including phenoxy) is 1. The number of hydrogen-bond donors (Lipinski definition) is 2. The molecule has 4 rings (SSSR count). The van der Waals surface area contributed by atoms with Crippen LogP contribution >= 0.6 is 0 Å². The predicted octanol–water partition coefficient (Wildman–Crippen LogP) is 5.56. The average molecular weight is 372 g/mol. The third kappa shape index (κ3) is 3.16. The molecule has 0 aliphatic rings. The van der Waals surface area contributed by atoms with Crippen molar-refractivity contribution in [2.24, 2.45) is 0 Å². The van der Waals surface area contributed by atoms with Gasteiger partial charge in [0, 0.05) is 16.5 Å². The Morgan fingerprint density at radius 1 is 0.857 bits per heavy atom. The maximum atomic E-state index is 9.30. The highest BCUT2D eigenvalue weighted by atomic mass is 16.5. The highest BCUT2D eigenvalue weighted by Crippen LogP contribution is 2.37. The van der Waals surface area contributed by atoms with Crippen LogP contribution in [-0.2, 0) is 6.61 Å². The Bertz CT molecular complexity index is 1180. The largest absolute Gasteiger partial charge is 0.496 e. The number of aliphatic hydroxyl groups is 1. The van der Waals surface area contributed by atoms with E-state index in [-0.39, 0.29) is 6.61 Å². The number of nitrogens with one attached hydrogen (secondary N) is 1. The fourth-order valence-corrected chi connectivity index (χ4v) is 3.53. The lowest BCUT2D eigenvalue weighted by atomic mass is 10.0. The van der Waals surface area contributed by atoms with Crippen LogP contribution in [0.1, 0.15) is 22.3 Å². The Morgan fingerprint density at radius 3 is 2.11 bits per heavy atom. The molecule has 0 saturated carbocycles. The van der Waals surface area contributed by atoms with E-state index in [1.165, 1.54) is 11.1 Å². The highest BCUT2D eigenvalue weighted by Gasteiger charge is 2.13. The van der Waals surface area contributed by atoms with E-state index in [0.29, 0.717) is 0 Å². The molecule has 0 atom stereocenters. The smallest absolute Gasteiger partial charge is 0.122 e. The van der Waals surface area contributed by atoms with E-state index in [9.17, 15) is 5.11 Å². The number of nitrogens with zero attached hydrogens (tertiary/aromatic N) is 1. The first-order chi connectivity index (χ1) is 13.5. The van der Waals surface area contributed by atoms with Gasteiger partial charge in [0.1, 0.15) is 5.75 Å². The van der Waals surface area contributed by atoms with Crippen LogP contribution in [0.3, 0.4) is 0 Å². The lowest BCUT2D eigenvalue weighted by Crippen LogP contribution is -1.98. The quantitative estimate of drug-likeness (QED) is 0.461. The van der Waals surface area contributed by atoms with Gasteiger partial charge in [-0.2, -0.15) is 0 Å². The average Bonchev–Trinajstić information content (AvgIpc) is 2.69. The molecule has 1 aromatic heterocycles. The summed E-state index contributed by atoms with van der Waals surface area (Å²) in [4.78, 5) is 4.92. The van der Waals surface area contributed by atoms with E-state index < -0.39 is 0 Å². The standard InChI is InChI=1S/C24H24N2O2/c1-14-9-19-21(10-15(14)2)26-22-11-16(3)23(28-4)12-20(22)24(19)25-18-7-5-17(13-27)6-8-18/h5-12,27H,13H2,1-4H3,(H,25,26). The maximum Gasteiger partial charge on any atom is 0.122 e. The summed E-state index contributed by atoms with van der Waals surface area (Å²) in [5, 5.41) is 15.0. The number of aromatic nitrogens is 1. The van der Waals surface area contributed by atoms with Crippen molar-refractivity contribution in [2.45, 2.75) is 27.4 Å². The summed E-state index contributed by atoms with van der Waals surface area (Å²) in [7, 11) is 1.69. The molecule has 0 unspecified atom stereocenters. The molecular formula is C24H24N2O2. The Labute approximate surface area is 164 Å². The summed E-state index contributed by atoms with van der Waals surface area (Å²) in [6.45, 7) is 6.30. The number of aryl methyl sites for hydroxylation is 3. The fraction of sp³-hybridized carbons (Fsp3) is 0.208. The van der Waals surface area contributed by atoms with Gasteiger partial charge < -0.3 is 15.2 Å². The van der Waals surface area contributed by atoms with E-state index in [0.717, 1.165) is 50.1 Å². The number of rotatable bonds is 4. The zero-order valence-electron chi connectivity index (χ0n) is 16.6. The van der Waals surface area contributed by atoms with E-state index >= 15 is 0 Å². The Balaban J connectivity index is 2.00. The van der Waals surface area contributed by atoms with Crippen molar-refractivity contribution >= 4 is 33.2 Å². The van der Waals surface area contributed by atoms with Gasteiger partial charge >= 0.3 is 0 Å². The summed E-state index contributed by atoms with van der Waals surface area (Å²) in [5.74, 6) is 0.844. The minimum absolute atomic E-state index is 0.0380.